The molecule has 0 amide bonds. The summed E-state index contributed by atoms with van der Waals surface area (Å²) in [7, 11) is 0. The molecular formula is C44H34N2. The van der Waals surface area contributed by atoms with E-state index >= 15 is 0 Å². The molecule has 7 aromatic carbocycles. The summed E-state index contributed by atoms with van der Waals surface area (Å²) in [6.07, 6.45) is 0.0261. The van der Waals surface area contributed by atoms with Crippen LogP contribution >= 0.6 is 0 Å². The second-order valence-corrected chi connectivity index (χ2v) is 13.1. The Labute approximate surface area is 270 Å². The molecule has 0 spiro atoms. The maximum absolute atomic E-state index is 3.77. The highest BCUT2D eigenvalue weighted by molar-refractivity contribution is 5.97. The lowest BCUT2D eigenvalue weighted by Crippen LogP contribution is -2.23. The maximum atomic E-state index is 3.77. The monoisotopic (exact) mass is 590 g/mol. The third kappa shape index (κ3) is 4.10. The van der Waals surface area contributed by atoms with Crippen molar-refractivity contribution in [2.45, 2.75) is 25.4 Å². The molecule has 0 bridgehead atoms. The Kier molecular flexibility index (Phi) is 5.95. The third-order valence-electron chi connectivity index (χ3n) is 10.1. The number of anilines is 3. The van der Waals surface area contributed by atoms with E-state index in [9.17, 15) is 0 Å². The lowest BCUT2D eigenvalue weighted by Gasteiger charge is -2.27. The van der Waals surface area contributed by atoms with Crippen molar-refractivity contribution in [1.29, 1.82) is 0 Å². The molecule has 0 saturated carbocycles. The van der Waals surface area contributed by atoms with Crippen molar-refractivity contribution in [2.75, 3.05) is 10.2 Å². The fourth-order valence-electron chi connectivity index (χ4n) is 7.69. The first-order valence-corrected chi connectivity index (χ1v) is 16.1. The highest BCUT2D eigenvalue weighted by Gasteiger charge is 2.36. The zero-order valence-electron chi connectivity index (χ0n) is 26.0. The van der Waals surface area contributed by atoms with Crippen molar-refractivity contribution in [2.24, 2.45) is 0 Å². The molecule has 0 aromatic heterocycles. The van der Waals surface area contributed by atoms with Gasteiger partial charge >= 0.3 is 0 Å². The fourth-order valence-corrected chi connectivity index (χ4v) is 7.69. The van der Waals surface area contributed by atoms with Crippen LogP contribution in [0.5, 0.6) is 0 Å². The number of hydrogen-bond acceptors (Lipinski definition) is 2. The number of nitrogens with zero attached hydrogens (tertiary/aromatic N) is 1. The number of hydrogen-bond donors (Lipinski definition) is 1. The number of rotatable bonds is 4. The summed E-state index contributed by atoms with van der Waals surface area (Å²) in [5.74, 6) is 0. The zero-order valence-corrected chi connectivity index (χ0v) is 26.0. The summed E-state index contributed by atoms with van der Waals surface area (Å²) in [5, 5.41) is 6.34. The number of fused-ring (bicyclic) bond motifs is 5. The molecule has 0 radical (unpaired) electrons. The Balaban J connectivity index is 1.05. The van der Waals surface area contributed by atoms with Gasteiger partial charge in [-0.25, -0.2) is 0 Å². The van der Waals surface area contributed by atoms with Crippen molar-refractivity contribution >= 4 is 27.8 Å². The quantitative estimate of drug-likeness (QED) is 0.219. The van der Waals surface area contributed by atoms with Gasteiger partial charge in [-0.1, -0.05) is 135 Å². The molecule has 1 aliphatic heterocycles. The zero-order chi connectivity index (χ0) is 30.8. The summed E-state index contributed by atoms with van der Waals surface area (Å²) < 4.78 is 0. The molecule has 1 aliphatic carbocycles. The van der Waals surface area contributed by atoms with Gasteiger partial charge in [-0.2, -0.15) is 0 Å². The second kappa shape index (κ2) is 10.2. The van der Waals surface area contributed by atoms with Crippen LogP contribution in [-0.2, 0) is 5.41 Å². The molecule has 9 rings (SSSR count). The van der Waals surface area contributed by atoms with Crippen LogP contribution in [0.4, 0.5) is 17.1 Å². The molecule has 1 atom stereocenters. The Hall–Kier alpha value is -5.60. The van der Waals surface area contributed by atoms with Crippen LogP contribution in [0.1, 0.15) is 36.7 Å². The minimum absolute atomic E-state index is 0.0261. The molecule has 1 N–H and O–H groups in total. The van der Waals surface area contributed by atoms with E-state index in [0.717, 1.165) is 5.69 Å². The van der Waals surface area contributed by atoms with Crippen LogP contribution in [0, 0.1) is 0 Å². The first kappa shape index (κ1) is 26.8. The summed E-state index contributed by atoms with van der Waals surface area (Å²) in [4.78, 5) is 2.39. The van der Waals surface area contributed by atoms with Crippen LogP contribution in [0.2, 0.25) is 0 Å². The Bertz CT molecular complexity index is 2260. The first-order chi connectivity index (χ1) is 22.6. The Morgan fingerprint density at radius 2 is 1.15 bits per heavy atom. The van der Waals surface area contributed by atoms with E-state index in [1.54, 1.807) is 0 Å². The SMILES string of the molecule is CC1(C)c2cc(-c3ccc(C4Nc5ccccc5N4c4ccccc4)cc3)ccc2-c2ccc(-c3cccc4ccccc34)cc21. The van der Waals surface area contributed by atoms with Gasteiger partial charge in [0.1, 0.15) is 6.17 Å². The van der Waals surface area contributed by atoms with Gasteiger partial charge in [0.25, 0.3) is 0 Å². The van der Waals surface area contributed by atoms with E-state index in [1.807, 2.05) is 0 Å². The lowest BCUT2D eigenvalue weighted by molar-refractivity contribution is 0.661. The van der Waals surface area contributed by atoms with E-state index in [1.165, 1.54) is 72.2 Å². The van der Waals surface area contributed by atoms with Gasteiger partial charge in [-0.15, -0.1) is 0 Å². The molecule has 220 valence electrons. The van der Waals surface area contributed by atoms with Crippen molar-refractivity contribution in [3.8, 4) is 33.4 Å². The molecule has 2 heteroatoms. The van der Waals surface area contributed by atoms with Gasteiger partial charge in [-0.05, 0) is 97.2 Å². The van der Waals surface area contributed by atoms with Crippen molar-refractivity contribution in [1.82, 2.24) is 0 Å². The maximum Gasteiger partial charge on any atom is 0.130 e. The van der Waals surface area contributed by atoms with Crippen molar-refractivity contribution in [3.63, 3.8) is 0 Å². The highest BCUT2D eigenvalue weighted by Crippen LogP contribution is 2.51. The molecule has 2 nitrogen and oxygen atoms in total. The van der Waals surface area contributed by atoms with Crippen molar-refractivity contribution < 1.29 is 0 Å². The van der Waals surface area contributed by atoms with Crippen LogP contribution in [0.15, 0.2) is 158 Å². The fraction of sp³-hybridized carbons (Fsp3) is 0.0909. The van der Waals surface area contributed by atoms with Crippen LogP contribution in [0.25, 0.3) is 44.2 Å². The van der Waals surface area contributed by atoms with Crippen molar-refractivity contribution in [3.05, 3.63) is 174 Å². The first-order valence-electron chi connectivity index (χ1n) is 16.1. The van der Waals surface area contributed by atoms with Crippen LogP contribution in [-0.4, -0.2) is 0 Å². The van der Waals surface area contributed by atoms with Gasteiger partial charge in [0.2, 0.25) is 0 Å². The number of benzene rings is 7. The standard InChI is InChI=1S/C44H34N2/c1-44(2)39-27-32(23-25-37(39)38-26-24-33(28-40(38)44)36-16-10-12-30-11-6-7-15-35(30)36)29-19-21-31(22-20-29)43-45-41-17-8-9-18-42(41)46(43)34-13-4-3-5-14-34/h3-28,43,45H,1-2H3. The molecule has 1 heterocycles. The average molecular weight is 591 g/mol. The largest absolute Gasteiger partial charge is 0.359 e. The molecule has 1 unspecified atom stereocenters. The minimum Gasteiger partial charge on any atom is -0.359 e. The minimum atomic E-state index is -0.100. The summed E-state index contributed by atoms with van der Waals surface area (Å²) >= 11 is 0. The third-order valence-corrected chi connectivity index (χ3v) is 10.1. The molecule has 2 aliphatic rings. The van der Waals surface area contributed by atoms with Crippen LogP contribution in [0.3, 0.4) is 0 Å². The van der Waals surface area contributed by atoms with Gasteiger partial charge in [0, 0.05) is 11.1 Å². The second-order valence-electron chi connectivity index (χ2n) is 13.1. The normalized spacial score (nSPS) is 15.7. The van der Waals surface area contributed by atoms with Gasteiger partial charge < -0.3 is 10.2 Å². The van der Waals surface area contributed by atoms with E-state index in [0.29, 0.717) is 0 Å². The summed E-state index contributed by atoms with van der Waals surface area (Å²) in [6, 6.07) is 57.7. The van der Waals surface area contributed by atoms with E-state index in [4.69, 9.17) is 0 Å². The summed E-state index contributed by atoms with van der Waals surface area (Å²) in [5.41, 5.74) is 15.2. The van der Waals surface area contributed by atoms with Crippen LogP contribution < -0.4 is 10.2 Å². The lowest BCUT2D eigenvalue weighted by atomic mass is 9.80. The van der Waals surface area contributed by atoms with E-state index in [2.05, 4.69) is 182 Å². The molecule has 7 aromatic rings. The van der Waals surface area contributed by atoms with Gasteiger partial charge in [0.05, 0.1) is 11.4 Å². The molecule has 46 heavy (non-hydrogen) atoms. The van der Waals surface area contributed by atoms with Gasteiger partial charge in [-0.3, -0.25) is 0 Å². The Morgan fingerprint density at radius 3 is 1.96 bits per heavy atom. The number of nitrogens with one attached hydrogen (secondary N) is 1. The predicted octanol–water partition coefficient (Wildman–Crippen LogP) is 11.7. The number of para-hydroxylation sites is 3. The van der Waals surface area contributed by atoms with E-state index in [-0.39, 0.29) is 11.6 Å². The average Bonchev–Trinajstić information content (AvgIpc) is 3.61. The van der Waals surface area contributed by atoms with E-state index < -0.39 is 0 Å². The Morgan fingerprint density at radius 1 is 0.522 bits per heavy atom. The topological polar surface area (TPSA) is 15.3 Å². The highest BCUT2D eigenvalue weighted by atomic mass is 15.3. The molecule has 0 saturated heterocycles. The van der Waals surface area contributed by atoms with Gasteiger partial charge in [0.15, 0.2) is 0 Å². The molecular weight excluding hydrogens is 556 g/mol. The smallest absolute Gasteiger partial charge is 0.130 e. The predicted molar refractivity (Wildman–Crippen MR) is 194 cm³/mol. The molecule has 0 fully saturated rings. The summed E-state index contributed by atoms with van der Waals surface area (Å²) in [6.45, 7) is 4.75.